The first-order valence-corrected chi connectivity index (χ1v) is 12.6. The summed E-state index contributed by atoms with van der Waals surface area (Å²) in [5, 5.41) is 10.3. The molecule has 1 aromatic carbocycles. The fourth-order valence-corrected chi connectivity index (χ4v) is 6.85. The summed E-state index contributed by atoms with van der Waals surface area (Å²) >= 11 is 10.0. The van der Waals surface area contributed by atoms with Gasteiger partial charge in [-0.25, -0.2) is 0 Å². The van der Waals surface area contributed by atoms with Crippen molar-refractivity contribution < 1.29 is 29.0 Å². The van der Waals surface area contributed by atoms with E-state index < -0.39 is 53.4 Å². The van der Waals surface area contributed by atoms with Gasteiger partial charge in [0.25, 0.3) is 5.91 Å². The molecule has 8 nitrogen and oxygen atoms in total. The number of hydrogen-bond donors (Lipinski definition) is 1. The fourth-order valence-electron chi connectivity index (χ4n) is 5.67. The molecule has 3 fully saturated rings. The number of amides is 2. The van der Waals surface area contributed by atoms with Crippen LogP contribution in [-0.4, -0.2) is 76.2 Å². The van der Waals surface area contributed by atoms with Crippen LogP contribution < -0.4 is 4.90 Å². The van der Waals surface area contributed by atoms with Gasteiger partial charge in [-0.05, 0) is 32.4 Å². The van der Waals surface area contributed by atoms with Gasteiger partial charge < -0.3 is 24.4 Å². The van der Waals surface area contributed by atoms with E-state index in [1.807, 2.05) is 0 Å². The van der Waals surface area contributed by atoms with E-state index in [4.69, 9.17) is 21.1 Å². The van der Waals surface area contributed by atoms with Crippen LogP contribution in [0.4, 0.5) is 5.69 Å². The van der Waals surface area contributed by atoms with Gasteiger partial charge in [0.1, 0.15) is 11.6 Å². The number of nitrogens with zero attached hydrogens (tertiary/aromatic N) is 2. The average Bonchev–Trinajstić information content (AvgIpc) is 3.40. The third-order valence-electron chi connectivity index (χ3n) is 6.98. The molecule has 0 aromatic heterocycles. The first kappa shape index (κ1) is 25.2. The van der Waals surface area contributed by atoms with Gasteiger partial charge in [0.2, 0.25) is 5.91 Å². The van der Waals surface area contributed by atoms with Gasteiger partial charge >= 0.3 is 5.97 Å². The Hall–Kier alpha value is -1.94. The first-order chi connectivity index (χ1) is 16.2. The molecule has 2 bridgehead atoms. The standard InChI is InChI=1S/C24H28BrClN2O6/c1-4-10-27(16-9-7-6-8-15(16)26)22(31)20-24-11-14(25)19(34-24)17(23(32)33-5-2)18(24)21(30)28(20)13(3)12-29/h4,6-9,13-14,17-20,29H,1,5,10-12H2,2-3H3/t13-,14?,17+,18+,19+,20?,24?/m1/s1. The molecule has 0 radical (unpaired) electrons. The predicted molar refractivity (Wildman–Crippen MR) is 130 cm³/mol. The number of anilines is 1. The van der Waals surface area contributed by atoms with E-state index in [0.29, 0.717) is 17.1 Å². The number of carbonyl (C=O) groups excluding carboxylic acids is 3. The van der Waals surface area contributed by atoms with Gasteiger partial charge in [0.15, 0.2) is 0 Å². The van der Waals surface area contributed by atoms with Crippen LogP contribution in [0.2, 0.25) is 5.02 Å². The van der Waals surface area contributed by atoms with Gasteiger partial charge in [-0.1, -0.05) is 45.7 Å². The lowest BCUT2D eigenvalue weighted by atomic mass is 9.70. The lowest BCUT2D eigenvalue weighted by molar-refractivity contribution is -0.155. The maximum absolute atomic E-state index is 14.2. The normalized spacial score (nSPS) is 32.4. The van der Waals surface area contributed by atoms with Gasteiger partial charge in [-0.15, -0.1) is 6.58 Å². The van der Waals surface area contributed by atoms with Crippen LogP contribution in [-0.2, 0) is 23.9 Å². The number of hydrogen-bond acceptors (Lipinski definition) is 6. The molecule has 1 N–H and O–H groups in total. The zero-order chi connectivity index (χ0) is 24.8. The minimum atomic E-state index is -1.24. The lowest BCUT2D eigenvalue weighted by Gasteiger charge is -2.38. The number of ether oxygens (including phenoxy) is 2. The number of aliphatic hydroxyl groups is 1. The van der Waals surface area contributed by atoms with Crippen LogP contribution in [0.15, 0.2) is 36.9 Å². The summed E-state index contributed by atoms with van der Waals surface area (Å²) in [6.45, 7) is 7.11. The highest BCUT2D eigenvalue weighted by atomic mass is 79.9. The SMILES string of the molecule is C=CCN(C(=O)C1N([C@H](C)CO)C(=O)[C@@H]2[C@H](C(=O)OCC)[C@H]3OC12CC3Br)c1ccccc1Cl. The van der Waals surface area contributed by atoms with E-state index in [-0.39, 0.29) is 24.6 Å². The topological polar surface area (TPSA) is 96.4 Å². The Kier molecular flexibility index (Phi) is 7.11. The number of aliphatic hydroxyl groups excluding tert-OH is 1. The zero-order valence-electron chi connectivity index (χ0n) is 19.0. The molecule has 7 atom stereocenters. The molecule has 34 heavy (non-hydrogen) atoms. The van der Waals surface area contributed by atoms with Crippen molar-refractivity contribution >= 4 is 51.0 Å². The Labute approximate surface area is 211 Å². The van der Waals surface area contributed by atoms with Crippen molar-refractivity contribution in [2.75, 3.05) is 24.7 Å². The highest BCUT2D eigenvalue weighted by molar-refractivity contribution is 9.09. The monoisotopic (exact) mass is 554 g/mol. The van der Waals surface area contributed by atoms with E-state index in [1.54, 1.807) is 44.2 Å². The van der Waals surface area contributed by atoms with Crippen molar-refractivity contribution in [2.45, 2.75) is 48.9 Å². The molecule has 0 aliphatic carbocycles. The summed E-state index contributed by atoms with van der Waals surface area (Å²) in [5.41, 5.74) is -0.767. The van der Waals surface area contributed by atoms with Gasteiger partial charge in [0, 0.05) is 11.4 Å². The number of likely N-dealkylation sites (tertiary alicyclic amines) is 1. The Morgan fingerprint density at radius 3 is 2.79 bits per heavy atom. The molecule has 2 amide bonds. The molecule has 3 aliphatic rings. The second-order valence-electron chi connectivity index (χ2n) is 8.88. The Morgan fingerprint density at radius 2 is 2.18 bits per heavy atom. The molecule has 184 valence electrons. The van der Waals surface area contributed by atoms with Crippen molar-refractivity contribution in [3.63, 3.8) is 0 Å². The summed E-state index contributed by atoms with van der Waals surface area (Å²) in [5.74, 6) is -3.04. The van der Waals surface area contributed by atoms with E-state index >= 15 is 0 Å². The van der Waals surface area contributed by atoms with Gasteiger partial charge in [-0.2, -0.15) is 0 Å². The number of esters is 1. The smallest absolute Gasteiger partial charge is 0.312 e. The number of rotatable bonds is 8. The highest BCUT2D eigenvalue weighted by Gasteiger charge is 2.77. The van der Waals surface area contributed by atoms with Crippen molar-refractivity contribution in [3.8, 4) is 0 Å². The van der Waals surface area contributed by atoms with Crippen LogP contribution in [0, 0.1) is 11.8 Å². The zero-order valence-corrected chi connectivity index (χ0v) is 21.4. The maximum atomic E-state index is 14.2. The molecule has 3 heterocycles. The van der Waals surface area contributed by atoms with Crippen molar-refractivity contribution in [3.05, 3.63) is 41.9 Å². The minimum Gasteiger partial charge on any atom is -0.466 e. The summed E-state index contributed by atoms with van der Waals surface area (Å²) in [7, 11) is 0. The van der Waals surface area contributed by atoms with Crippen LogP contribution >= 0.6 is 27.5 Å². The number of halogens is 2. The van der Waals surface area contributed by atoms with Crippen molar-refractivity contribution in [2.24, 2.45) is 11.8 Å². The number of carbonyl (C=O) groups is 3. The quantitative estimate of drug-likeness (QED) is 0.301. The molecule has 3 saturated heterocycles. The molecule has 10 heteroatoms. The van der Waals surface area contributed by atoms with Crippen LogP contribution in [0.5, 0.6) is 0 Å². The van der Waals surface area contributed by atoms with E-state index in [2.05, 4.69) is 22.5 Å². The molecule has 3 aliphatic heterocycles. The summed E-state index contributed by atoms with van der Waals surface area (Å²) in [6, 6.07) is 5.19. The first-order valence-electron chi connectivity index (χ1n) is 11.3. The predicted octanol–water partition coefficient (Wildman–Crippen LogP) is 2.55. The number of fused-ring (bicyclic) bond motifs is 1. The van der Waals surface area contributed by atoms with Crippen LogP contribution in [0.3, 0.4) is 0 Å². The summed E-state index contributed by atoms with van der Waals surface area (Å²) in [4.78, 5) is 43.6. The fraction of sp³-hybridized carbons (Fsp3) is 0.542. The summed E-state index contributed by atoms with van der Waals surface area (Å²) in [6.07, 6.45) is 1.34. The van der Waals surface area contributed by atoms with Gasteiger partial charge in [0.05, 0.1) is 47.9 Å². The Balaban J connectivity index is 1.83. The van der Waals surface area contributed by atoms with Gasteiger partial charge in [-0.3, -0.25) is 14.4 Å². The number of alkyl halides is 1. The largest absolute Gasteiger partial charge is 0.466 e. The van der Waals surface area contributed by atoms with E-state index in [9.17, 15) is 19.5 Å². The van der Waals surface area contributed by atoms with Crippen molar-refractivity contribution in [1.82, 2.24) is 4.90 Å². The molecular formula is C24H28BrClN2O6. The molecule has 3 unspecified atom stereocenters. The molecule has 1 spiro atoms. The number of benzene rings is 1. The maximum Gasteiger partial charge on any atom is 0.312 e. The Bertz CT molecular complexity index is 1010. The molecule has 0 saturated carbocycles. The van der Waals surface area contributed by atoms with Crippen LogP contribution in [0.1, 0.15) is 20.3 Å². The average molecular weight is 556 g/mol. The van der Waals surface area contributed by atoms with Crippen molar-refractivity contribution in [1.29, 1.82) is 0 Å². The van der Waals surface area contributed by atoms with E-state index in [0.717, 1.165) is 0 Å². The third-order valence-corrected chi connectivity index (χ3v) is 8.14. The minimum absolute atomic E-state index is 0.151. The number of para-hydroxylation sites is 1. The van der Waals surface area contributed by atoms with Crippen LogP contribution in [0.25, 0.3) is 0 Å². The second-order valence-corrected chi connectivity index (χ2v) is 10.5. The molecular weight excluding hydrogens is 528 g/mol. The summed E-state index contributed by atoms with van der Waals surface area (Å²) < 4.78 is 11.7. The molecule has 4 rings (SSSR count). The lowest BCUT2D eigenvalue weighted by Crippen LogP contribution is -2.58. The van der Waals surface area contributed by atoms with E-state index in [1.165, 1.54) is 9.80 Å². The second kappa shape index (κ2) is 9.60. The molecule has 1 aromatic rings. The highest BCUT2D eigenvalue weighted by Crippen LogP contribution is 2.60. The third kappa shape index (κ3) is 3.68. The Morgan fingerprint density at radius 1 is 1.47 bits per heavy atom.